The molecule has 0 saturated heterocycles. The topological polar surface area (TPSA) is 66.8 Å². The van der Waals surface area contributed by atoms with Crippen LogP contribution in [-0.4, -0.2) is 16.2 Å². The molecular formula is C36H49FO4. The van der Waals surface area contributed by atoms with Crippen LogP contribution in [0.4, 0.5) is 4.39 Å². The van der Waals surface area contributed by atoms with E-state index in [4.69, 9.17) is 9.84 Å². The Balaban J connectivity index is 0.000000224. The molecule has 0 aliphatic heterocycles. The Hall–Kier alpha value is -3.34. The van der Waals surface area contributed by atoms with Crippen LogP contribution in [-0.2, 0) is 21.6 Å². The zero-order valence-corrected chi connectivity index (χ0v) is 26.3. The molecule has 3 unspecified atom stereocenters. The average Bonchev–Trinajstić information content (AvgIpc) is 3.23. The summed E-state index contributed by atoms with van der Waals surface area (Å²) in [6.45, 7) is 18.1. The van der Waals surface area contributed by atoms with Gasteiger partial charge in [0.15, 0.2) is 0 Å². The number of fused-ring (bicyclic) bond motifs is 1. The van der Waals surface area contributed by atoms with Gasteiger partial charge in [0.25, 0.3) is 0 Å². The summed E-state index contributed by atoms with van der Waals surface area (Å²) in [5, 5.41) is 18.6. The van der Waals surface area contributed by atoms with E-state index in [9.17, 15) is 14.3 Å². The maximum absolute atomic E-state index is 12.9. The number of carbonyl (C=O) groups excluding carboxylic acids is 1. The molecule has 5 heteroatoms. The first-order valence-corrected chi connectivity index (χ1v) is 14.7. The number of hydrogen-bond donors (Lipinski definition) is 2. The maximum Gasteiger partial charge on any atom is 0.312 e. The van der Waals surface area contributed by atoms with Gasteiger partial charge in [0, 0.05) is 0 Å². The first kappa shape index (κ1) is 33.9. The molecule has 224 valence electrons. The molecule has 0 heterocycles. The number of benzene rings is 3. The summed E-state index contributed by atoms with van der Waals surface area (Å²) in [5.74, 6) is 2.16. The lowest BCUT2D eigenvalue weighted by Gasteiger charge is -2.30. The van der Waals surface area contributed by atoms with Crippen molar-refractivity contribution in [1.82, 2.24) is 0 Å². The zero-order valence-electron chi connectivity index (χ0n) is 26.3. The Labute approximate surface area is 246 Å². The molecule has 0 amide bonds. The summed E-state index contributed by atoms with van der Waals surface area (Å²) in [4.78, 5) is 12.1. The van der Waals surface area contributed by atoms with Crippen molar-refractivity contribution in [2.24, 2.45) is 11.3 Å². The minimum Gasteiger partial charge on any atom is -0.508 e. The van der Waals surface area contributed by atoms with Crippen LogP contribution in [0.25, 0.3) is 0 Å². The van der Waals surface area contributed by atoms with Crippen molar-refractivity contribution in [3.05, 3.63) is 94.8 Å². The fraction of sp³-hybridized carbons (Fsp3) is 0.472. The van der Waals surface area contributed by atoms with E-state index >= 15 is 0 Å². The van der Waals surface area contributed by atoms with Crippen LogP contribution in [0, 0.1) is 17.2 Å². The van der Waals surface area contributed by atoms with Crippen LogP contribution < -0.4 is 0 Å². The lowest BCUT2D eigenvalue weighted by Crippen LogP contribution is -2.33. The number of hydrogen-bond acceptors (Lipinski definition) is 4. The van der Waals surface area contributed by atoms with Crippen LogP contribution >= 0.6 is 0 Å². The van der Waals surface area contributed by atoms with E-state index in [1.165, 1.54) is 23.3 Å². The van der Waals surface area contributed by atoms with Crippen molar-refractivity contribution in [2.75, 3.05) is 0 Å². The van der Waals surface area contributed by atoms with Gasteiger partial charge in [-0.1, -0.05) is 71.0 Å². The Kier molecular flexibility index (Phi) is 12.0. The van der Waals surface area contributed by atoms with Gasteiger partial charge >= 0.3 is 5.97 Å². The van der Waals surface area contributed by atoms with Crippen LogP contribution in [0.5, 0.6) is 11.5 Å². The highest BCUT2D eigenvalue weighted by Crippen LogP contribution is 2.41. The SMILES string of the molecule is CC1Cc2c(O)cccc2C1C.CCC(C)(C)C(=O)OC(C)(C)c1ccc(F)cc1.CCC(C)c1ccc(O)cc1. The molecule has 41 heavy (non-hydrogen) atoms. The first-order valence-electron chi connectivity index (χ1n) is 14.7. The van der Waals surface area contributed by atoms with E-state index in [1.54, 1.807) is 30.3 Å². The van der Waals surface area contributed by atoms with Crippen LogP contribution in [0.2, 0.25) is 0 Å². The Morgan fingerprint density at radius 3 is 2.05 bits per heavy atom. The quantitative estimate of drug-likeness (QED) is 0.293. The third-order valence-corrected chi connectivity index (χ3v) is 8.46. The van der Waals surface area contributed by atoms with Crippen molar-refractivity contribution in [2.45, 2.75) is 99.0 Å². The van der Waals surface area contributed by atoms with Gasteiger partial charge in [-0.05, 0) is 117 Å². The molecule has 4 nitrogen and oxygen atoms in total. The summed E-state index contributed by atoms with van der Waals surface area (Å²) >= 11 is 0. The largest absolute Gasteiger partial charge is 0.508 e. The molecule has 3 aromatic rings. The van der Waals surface area contributed by atoms with E-state index in [2.05, 4.69) is 33.8 Å². The first-order chi connectivity index (χ1) is 19.1. The molecule has 0 saturated carbocycles. The number of ether oxygens (including phenoxy) is 1. The molecule has 4 rings (SSSR count). The second-order valence-electron chi connectivity index (χ2n) is 12.4. The van der Waals surface area contributed by atoms with Crippen molar-refractivity contribution in [1.29, 1.82) is 0 Å². The van der Waals surface area contributed by atoms with Crippen molar-refractivity contribution in [3.63, 3.8) is 0 Å². The molecule has 0 fully saturated rings. The van der Waals surface area contributed by atoms with Crippen molar-refractivity contribution >= 4 is 5.97 Å². The number of rotatable bonds is 6. The molecule has 3 aromatic carbocycles. The lowest BCUT2D eigenvalue weighted by atomic mass is 9.89. The number of halogens is 1. The maximum atomic E-state index is 12.9. The summed E-state index contributed by atoms with van der Waals surface area (Å²) in [6.07, 6.45) is 2.89. The van der Waals surface area contributed by atoms with Crippen LogP contribution in [0.1, 0.15) is 109 Å². The molecule has 1 aliphatic carbocycles. The van der Waals surface area contributed by atoms with Crippen molar-refractivity contribution < 1.29 is 24.1 Å². The van der Waals surface area contributed by atoms with Gasteiger partial charge < -0.3 is 14.9 Å². The monoisotopic (exact) mass is 564 g/mol. The van der Waals surface area contributed by atoms with Gasteiger partial charge in [-0.15, -0.1) is 0 Å². The van der Waals surface area contributed by atoms with E-state index < -0.39 is 11.0 Å². The minimum atomic E-state index is -0.753. The fourth-order valence-corrected chi connectivity index (χ4v) is 4.51. The highest BCUT2D eigenvalue weighted by atomic mass is 19.1. The zero-order chi connectivity index (χ0) is 31.0. The highest BCUT2D eigenvalue weighted by Gasteiger charge is 2.33. The standard InChI is InChI=1S/C15H21FO2.C11H14O.C10H14O/c1-6-14(2,3)13(17)18-15(4,5)11-7-9-12(16)10-8-11;1-7-6-10-9(8(7)2)4-3-5-11(10)12;1-3-8(2)9-4-6-10(11)7-5-9/h7-10H,6H2,1-5H3;3-5,7-8,12H,6H2,1-2H3;4-8,11H,3H2,1-2H3. The molecule has 1 aliphatic rings. The van der Waals surface area contributed by atoms with E-state index in [0.29, 0.717) is 35.7 Å². The van der Waals surface area contributed by atoms with E-state index in [0.717, 1.165) is 24.0 Å². The second kappa shape index (κ2) is 14.5. The predicted molar refractivity (Wildman–Crippen MR) is 166 cm³/mol. The third kappa shape index (κ3) is 9.34. The number of aromatic hydroxyl groups is 2. The number of carbonyl (C=O) groups is 1. The minimum absolute atomic E-state index is 0.237. The lowest BCUT2D eigenvalue weighted by molar-refractivity contribution is -0.168. The third-order valence-electron chi connectivity index (χ3n) is 8.46. The van der Waals surface area contributed by atoms with E-state index in [1.807, 2.05) is 52.8 Å². The van der Waals surface area contributed by atoms with E-state index in [-0.39, 0.29) is 11.8 Å². The molecule has 0 aromatic heterocycles. The molecule has 0 bridgehead atoms. The van der Waals surface area contributed by atoms with Gasteiger partial charge in [0.05, 0.1) is 5.41 Å². The van der Waals surface area contributed by atoms with Crippen molar-refractivity contribution in [3.8, 4) is 11.5 Å². The smallest absolute Gasteiger partial charge is 0.312 e. The normalized spacial score (nSPS) is 16.8. The Morgan fingerprint density at radius 1 is 0.951 bits per heavy atom. The molecular weight excluding hydrogens is 515 g/mol. The van der Waals surface area contributed by atoms with Gasteiger partial charge in [-0.2, -0.15) is 0 Å². The summed E-state index contributed by atoms with van der Waals surface area (Å²) in [7, 11) is 0. The number of esters is 1. The average molecular weight is 565 g/mol. The molecule has 2 N–H and O–H groups in total. The fourth-order valence-electron chi connectivity index (χ4n) is 4.51. The predicted octanol–water partition coefficient (Wildman–Crippen LogP) is 9.63. The van der Waals surface area contributed by atoms with Gasteiger partial charge in [0.2, 0.25) is 0 Å². The molecule has 0 radical (unpaired) electrons. The molecule has 0 spiro atoms. The summed E-state index contributed by atoms with van der Waals surface area (Å²) < 4.78 is 18.4. The summed E-state index contributed by atoms with van der Waals surface area (Å²) in [5.41, 5.74) is 3.32. The number of phenolic OH excluding ortho intramolecular Hbond substituents is 2. The Bertz CT molecular complexity index is 1250. The molecule has 3 atom stereocenters. The van der Waals surface area contributed by atoms with Gasteiger partial charge in [-0.25, -0.2) is 4.39 Å². The Morgan fingerprint density at radius 2 is 1.54 bits per heavy atom. The van der Waals surface area contributed by atoms with Crippen LogP contribution in [0.3, 0.4) is 0 Å². The van der Waals surface area contributed by atoms with Crippen LogP contribution in [0.15, 0.2) is 66.7 Å². The number of phenols is 2. The second-order valence-corrected chi connectivity index (χ2v) is 12.4. The highest BCUT2D eigenvalue weighted by molar-refractivity contribution is 5.76. The van der Waals surface area contributed by atoms with Gasteiger partial charge in [-0.3, -0.25) is 4.79 Å². The van der Waals surface area contributed by atoms with Gasteiger partial charge in [0.1, 0.15) is 22.9 Å². The summed E-state index contributed by atoms with van der Waals surface area (Å²) in [6, 6.07) is 19.3.